The molecule has 3 unspecified atom stereocenters. The summed E-state index contributed by atoms with van der Waals surface area (Å²) in [4.78, 5) is 2.56. The van der Waals surface area contributed by atoms with Gasteiger partial charge >= 0.3 is 0 Å². The van der Waals surface area contributed by atoms with Crippen molar-refractivity contribution in [2.45, 2.75) is 72.8 Å². The second kappa shape index (κ2) is 8.38. The van der Waals surface area contributed by atoms with E-state index in [2.05, 4.69) is 51.9 Å². The zero-order valence-electron chi connectivity index (χ0n) is 14.8. The summed E-state index contributed by atoms with van der Waals surface area (Å²) in [6, 6.07) is 0.746. The molecule has 120 valence electrons. The van der Waals surface area contributed by atoms with Gasteiger partial charge in [0.2, 0.25) is 0 Å². The Bertz CT molecular complexity index is 257. The van der Waals surface area contributed by atoms with Crippen LogP contribution in [0.5, 0.6) is 0 Å². The quantitative estimate of drug-likeness (QED) is 0.754. The van der Waals surface area contributed by atoms with Crippen molar-refractivity contribution in [2.24, 2.45) is 17.3 Å². The second-order valence-electron chi connectivity index (χ2n) is 8.15. The molecule has 0 amide bonds. The van der Waals surface area contributed by atoms with Crippen molar-refractivity contribution < 1.29 is 0 Å². The van der Waals surface area contributed by atoms with E-state index in [9.17, 15) is 0 Å². The first-order valence-corrected chi connectivity index (χ1v) is 8.77. The van der Waals surface area contributed by atoms with Crippen molar-refractivity contribution in [3.8, 4) is 0 Å². The molecule has 2 heteroatoms. The molecule has 1 fully saturated rings. The van der Waals surface area contributed by atoms with Crippen molar-refractivity contribution in [1.82, 2.24) is 10.2 Å². The summed E-state index contributed by atoms with van der Waals surface area (Å²) in [5.74, 6) is 1.82. The lowest BCUT2D eigenvalue weighted by Crippen LogP contribution is -2.46. The van der Waals surface area contributed by atoms with Gasteiger partial charge in [0.25, 0.3) is 0 Å². The molecule has 1 aliphatic carbocycles. The summed E-state index contributed by atoms with van der Waals surface area (Å²) >= 11 is 0. The number of nitrogens with zero attached hydrogens (tertiary/aromatic N) is 1. The van der Waals surface area contributed by atoms with Crippen molar-refractivity contribution in [3.63, 3.8) is 0 Å². The lowest BCUT2D eigenvalue weighted by atomic mass is 9.76. The molecule has 1 N–H and O–H groups in total. The first-order chi connectivity index (χ1) is 9.35. The molecule has 0 aromatic carbocycles. The molecule has 0 heterocycles. The third kappa shape index (κ3) is 6.58. The molecular weight excluding hydrogens is 244 g/mol. The molecule has 1 aliphatic rings. The normalized spacial score (nSPS) is 28.1. The molecule has 0 bridgehead atoms. The molecule has 3 atom stereocenters. The lowest BCUT2D eigenvalue weighted by molar-refractivity contribution is 0.130. The van der Waals surface area contributed by atoms with Gasteiger partial charge in [-0.05, 0) is 50.1 Å². The van der Waals surface area contributed by atoms with E-state index >= 15 is 0 Å². The average molecular weight is 283 g/mol. The third-order valence-corrected chi connectivity index (χ3v) is 4.54. The van der Waals surface area contributed by atoms with Gasteiger partial charge in [0.1, 0.15) is 0 Å². The van der Waals surface area contributed by atoms with Crippen molar-refractivity contribution in [2.75, 3.05) is 26.7 Å². The van der Waals surface area contributed by atoms with Crippen LogP contribution in [0.3, 0.4) is 0 Å². The molecule has 1 rings (SSSR count). The maximum absolute atomic E-state index is 3.74. The van der Waals surface area contributed by atoms with Gasteiger partial charge in [-0.3, -0.25) is 0 Å². The Morgan fingerprint density at radius 3 is 2.40 bits per heavy atom. The maximum Gasteiger partial charge on any atom is 0.0108 e. The van der Waals surface area contributed by atoms with E-state index in [0.717, 1.165) is 24.4 Å². The zero-order chi connectivity index (χ0) is 15.2. The Kier molecular flexibility index (Phi) is 7.53. The molecule has 2 nitrogen and oxygen atoms in total. The van der Waals surface area contributed by atoms with Crippen molar-refractivity contribution in [1.29, 1.82) is 0 Å². The monoisotopic (exact) mass is 282 g/mol. The smallest absolute Gasteiger partial charge is 0.0108 e. The Morgan fingerprint density at radius 2 is 1.85 bits per heavy atom. The van der Waals surface area contributed by atoms with Crippen LogP contribution in [0, 0.1) is 17.3 Å². The van der Waals surface area contributed by atoms with Gasteiger partial charge in [0, 0.05) is 19.1 Å². The highest BCUT2D eigenvalue weighted by Crippen LogP contribution is 2.33. The first-order valence-electron chi connectivity index (χ1n) is 8.77. The Balaban J connectivity index is 2.54. The van der Waals surface area contributed by atoms with Crippen LogP contribution in [0.15, 0.2) is 0 Å². The predicted octanol–water partition coefficient (Wildman–Crippen LogP) is 4.16. The van der Waals surface area contributed by atoms with Gasteiger partial charge in [-0.2, -0.15) is 0 Å². The van der Waals surface area contributed by atoms with Gasteiger partial charge in [-0.15, -0.1) is 0 Å². The van der Waals surface area contributed by atoms with E-state index < -0.39 is 0 Å². The summed E-state index contributed by atoms with van der Waals surface area (Å²) in [6.07, 6.45) is 7.02. The molecule has 0 aliphatic heterocycles. The number of hydrogen-bond donors (Lipinski definition) is 1. The highest BCUT2D eigenvalue weighted by atomic mass is 15.1. The van der Waals surface area contributed by atoms with Crippen LogP contribution in [0.2, 0.25) is 0 Å². The fourth-order valence-electron chi connectivity index (χ4n) is 4.04. The molecule has 1 saturated carbocycles. The number of nitrogens with one attached hydrogen (secondary N) is 1. The van der Waals surface area contributed by atoms with E-state index in [0.29, 0.717) is 5.41 Å². The fraction of sp³-hybridized carbons (Fsp3) is 1.00. The van der Waals surface area contributed by atoms with Crippen molar-refractivity contribution in [3.05, 3.63) is 0 Å². The SMILES string of the molecule is CCCC1CCC(NCC)C(CN(C)CC(C)(C)C)C1. The molecule has 20 heavy (non-hydrogen) atoms. The fourth-order valence-corrected chi connectivity index (χ4v) is 4.04. The Hall–Kier alpha value is -0.0800. The van der Waals surface area contributed by atoms with Crippen LogP contribution in [0.1, 0.15) is 66.7 Å². The van der Waals surface area contributed by atoms with Gasteiger partial charge < -0.3 is 10.2 Å². The minimum Gasteiger partial charge on any atom is -0.314 e. The molecule has 0 aromatic rings. The Morgan fingerprint density at radius 1 is 1.15 bits per heavy atom. The first kappa shape index (κ1) is 18.0. The second-order valence-corrected chi connectivity index (χ2v) is 8.15. The van der Waals surface area contributed by atoms with Gasteiger partial charge in [-0.1, -0.05) is 47.5 Å². The van der Waals surface area contributed by atoms with E-state index in [-0.39, 0.29) is 0 Å². The van der Waals surface area contributed by atoms with Gasteiger partial charge in [-0.25, -0.2) is 0 Å². The maximum atomic E-state index is 3.74. The minimum absolute atomic E-state index is 0.403. The molecule has 0 aromatic heterocycles. The topological polar surface area (TPSA) is 15.3 Å². The highest BCUT2D eigenvalue weighted by molar-refractivity contribution is 4.86. The minimum atomic E-state index is 0.403. The van der Waals surface area contributed by atoms with Crippen LogP contribution in [0.25, 0.3) is 0 Å². The molecule has 0 saturated heterocycles. The predicted molar refractivity (Wildman–Crippen MR) is 90.2 cm³/mol. The summed E-state index contributed by atoms with van der Waals surface area (Å²) in [5.41, 5.74) is 0.403. The summed E-state index contributed by atoms with van der Waals surface area (Å²) in [7, 11) is 2.30. The van der Waals surface area contributed by atoms with E-state index in [4.69, 9.17) is 0 Å². The average Bonchev–Trinajstić information content (AvgIpc) is 2.30. The van der Waals surface area contributed by atoms with Crippen LogP contribution in [0.4, 0.5) is 0 Å². The third-order valence-electron chi connectivity index (χ3n) is 4.54. The van der Waals surface area contributed by atoms with Crippen LogP contribution >= 0.6 is 0 Å². The summed E-state index contributed by atoms with van der Waals surface area (Å²) < 4.78 is 0. The van der Waals surface area contributed by atoms with Crippen LogP contribution < -0.4 is 5.32 Å². The highest BCUT2D eigenvalue weighted by Gasteiger charge is 2.30. The molecule has 0 spiro atoms. The Labute approximate surface area is 127 Å². The lowest BCUT2D eigenvalue weighted by Gasteiger charge is -2.39. The largest absolute Gasteiger partial charge is 0.314 e. The van der Waals surface area contributed by atoms with Crippen LogP contribution in [-0.4, -0.2) is 37.6 Å². The van der Waals surface area contributed by atoms with Crippen molar-refractivity contribution >= 4 is 0 Å². The number of hydrogen-bond acceptors (Lipinski definition) is 2. The number of rotatable bonds is 7. The molecule has 0 radical (unpaired) electrons. The standard InChI is InChI=1S/C18H38N2/c1-7-9-15-10-11-17(19-8-2)16(12-15)13-20(6)14-18(3,4)5/h15-17,19H,7-14H2,1-6H3. The summed E-state index contributed by atoms with van der Waals surface area (Å²) in [5, 5.41) is 3.74. The van der Waals surface area contributed by atoms with Gasteiger partial charge in [0.15, 0.2) is 0 Å². The van der Waals surface area contributed by atoms with E-state index in [1.165, 1.54) is 45.2 Å². The molecular formula is C18H38N2. The summed E-state index contributed by atoms with van der Waals surface area (Å²) in [6.45, 7) is 15.2. The van der Waals surface area contributed by atoms with Gasteiger partial charge in [0.05, 0.1) is 0 Å². The van der Waals surface area contributed by atoms with Crippen LogP contribution in [-0.2, 0) is 0 Å². The van der Waals surface area contributed by atoms with E-state index in [1.54, 1.807) is 0 Å². The van der Waals surface area contributed by atoms with E-state index in [1.807, 2.05) is 0 Å². The zero-order valence-corrected chi connectivity index (χ0v) is 14.8.